The number of hydrogen-bond acceptors (Lipinski definition) is 6. The zero-order chi connectivity index (χ0) is 28.6. The zero-order valence-corrected chi connectivity index (χ0v) is 26.0. The average Bonchev–Trinajstić information content (AvgIpc) is 3.31. The van der Waals surface area contributed by atoms with Crippen molar-refractivity contribution in [2.45, 2.75) is 132 Å². The molecule has 4 fully saturated rings. The number of nitrogens with zero attached hydrogens (tertiary/aromatic N) is 1. The molecular formula is C33H53NO5. The van der Waals surface area contributed by atoms with Crippen LogP contribution in [-0.2, 0) is 23.9 Å². The molecule has 0 aromatic rings. The topological polar surface area (TPSA) is 74.2 Å². The summed E-state index contributed by atoms with van der Waals surface area (Å²) in [5.74, 6) is 0.767. The van der Waals surface area contributed by atoms with Gasteiger partial charge in [-0.2, -0.15) is 0 Å². The molecular weight excluding hydrogens is 490 g/mol. The van der Waals surface area contributed by atoms with Crippen LogP contribution in [0.2, 0.25) is 0 Å². The van der Waals surface area contributed by atoms with Crippen LogP contribution in [0, 0.1) is 50.2 Å². The normalized spacial score (nSPS) is 48.6. The molecule has 0 N–H and O–H groups in total. The molecule has 5 rings (SSSR count). The predicted molar refractivity (Wildman–Crippen MR) is 152 cm³/mol. The van der Waals surface area contributed by atoms with Gasteiger partial charge in [-0.3, -0.25) is 9.59 Å². The lowest BCUT2D eigenvalue weighted by atomic mass is 9.37. The summed E-state index contributed by atoms with van der Waals surface area (Å²) < 4.78 is 11.9. The smallest absolute Gasteiger partial charge is 0.311 e. The number of carbonyl (C=O) groups is 2. The molecule has 3 saturated carbocycles. The van der Waals surface area contributed by atoms with Crippen molar-refractivity contribution in [3.8, 4) is 0 Å². The Balaban J connectivity index is 1.60. The van der Waals surface area contributed by atoms with Crippen molar-refractivity contribution in [2.75, 3.05) is 7.11 Å². The molecule has 3 unspecified atom stereocenters. The van der Waals surface area contributed by atoms with Crippen molar-refractivity contribution in [1.29, 1.82) is 0 Å². The van der Waals surface area contributed by atoms with Gasteiger partial charge in [-0.05, 0) is 92.8 Å². The van der Waals surface area contributed by atoms with Crippen LogP contribution >= 0.6 is 0 Å². The zero-order valence-electron chi connectivity index (χ0n) is 26.0. The second-order valence-electron chi connectivity index (χ2n) is 16.4. The Labute approximate surface area is 236 Å². The first-order valence-corrected chi connectivity index (χ1v) is 15.5. The van der Waals surface area contributed by atoms with Crippen LogP contribution in [0.3, 0.4) is 0 Å². The molecule has 39 heavy (non-hydrogen) atoms. The minimum Gasteiger partial charge on any atom is -0.469 e. The van der Waals surface area contributed by atoms with Crippen LogP contribution in [0.25, 0.3) is 0 Å². The Morgan fingerprint density at radius 2 is 1.59 bits per heavy atom. The molecule has 2 heterocycles. The van der Waals surface area contributed by atoms with Crippen molar-refractivity contribution < 1.29 is 23.9 Å². The average molecular weight is 544 g/mol. The highest BCUT2D eigenvalue weighted by molar-refractivity contribution is 5.76. The number of rotatable bonds is 1. The summed E-state index contributed by atoms with van der Waals surface area (Å²) >= 11 is 0. The molecule has 5 aliphatic rings. The van der Waals surface area contributed by atoms with E-state index in [2.05, 4.69) is 60.5 Å². The van der Waals surface area contributed by atoms with Crippen molar-refractivity contribution in [3.05, 3.63) is 0 Å². The number of fused-ring (bicyclic) bond motifs is 6. The molecule has 0 bridgehead atoms. The summed E-state index contributed by atoms with van der Waals surface area (Å²) in [7, 11) is 1.52. The minimum absolute atomic E-state index is 0.0319. The third-order valence-corrected chi connectivity index (χ3v) is 13.4. The highest BCUT2D eigenvalue weighted by Crippen LogP contribution is 2.72. The van der Waals surface area contributed by atoms with Crippen molar-refractivity contribution in [3.63, 3.8) is 0 Å². The van der Waals surface area contributed by atoms with Gasteiger partial charge in [0, 0.05) is 23.2 Å². The van der Waals surface area contributed by atoms with E-state index in [9.17, 15) is 9.59 Å². The number of esters is 2. The Kier molecular flexibility index (Phi) is 6.83. The third-order valence-electron chi connectivity index (χ3n) is 13.4. The lowest BCUT2D eigenvalue weighted by Gasteiger charge is -2.67. The quantitative estimate of drug-likeness (QED) is 0.324. The van der Waals surface area contributed by atoms with E-state index in [1.54, 1.807) is 0 Å². The Bertz CT molecular complexity index is 1040. The van der Waals surface area contributed by atoms with E-state index < -0.39 is 5.41 Å². The maximum Gasteiger partial charge on any atom is 0.311 e. The van der Waals surface area contributed by atoms with E-state index in [1.807, 2.05) is 6.21 Å². The van der Waals surface area contributed by atoms with E-state index in [-0.39, 0.29) is 63.1 Å². The van der Waals surface area contributed by atoms with Gasteiger partial charge >= 0.3 is 11.9 Å². The van der Waals surface area contributed by atoms with Gasteiger partial charge in [-0.15, -0.1) is 0 Å². The summed E-state index contributed by atoms with van der Waals surface area (Å²) in [5, 5.41) is 4.28. The number of ether oxygens (including phenoxy) is 2. The fourth-order valence-electron chi connectivity index (χ4n) is 10.5. The highest BCUT2D eigenvalue weighted by atomic mass is 16.6. The Hall–Kier alpha value is -1.59. The summed E-state index contributed by atoms with van der Waals surface area (Å²) in [5.41, 5.74) is -0.903. The van der Waals surface area contributed by atoms with Gasteiger partial charge in [0.2, 0.25) is 0 Å². The number of carbonyl (C=O) groups excluding carboxylic acids is 2. The van der Waals surface area contributed by atoms with Crippen LogP contribution < -0.4 is 0 Å². The minimum atomic E-state index is -0.544. The second-order valence-corrected chi connectivity index (χ2v) is 16.4. The summed E-state index contributed by atoms with van der Waals surface area (Å²) in [6.07, 6.45) is 10.8. The molecule has 0 aromatic carbocycles. The fourth-order valence-corrected chi connectivity index (χ4v) is 10.5. The lowest BCUT2D eigenvalue weighted by molar-refractivity contribution is -0.216. The van der Waals surface area contributed by atoms with Gasteiger partial charge in [0.1, 0.15) is 12.2 Å². The first-order valence-electron chi connectivity index (χ1n) is 15.5. The Morgan fingerprint density at radius 3 is 2.28 bits per heavy atom. The number of methoxy groups -OCH3 is 1. The van der Waals surface area contributed by atoms with Gasteiger partial charge in [0.05, 0.1) is 18.7 Å². The molecule has 2 aliphatic heterocycles. The largest absolute Gasteiger partial charge is 0.469 e. The molecule has 6 heteroatoms. The second kappa shape index (κ2) is 9.21. The van der Waals surface area contributed by atoms with Crippen LogP contribution in [-0.4, -0.2) is 37.5 Å². The van der Waals surface area contributed by atoms with Crippen LogP contribution in [0.4, 0.5) is 0 Å². The van der Waals surface area contributed by atoms with Crippen molar-refractivity contribution in [1.82, 2.24) is 0 Å². The molecule has 0 radical (unpaired) electrons. The highest BCUT2D eigenvalue weighted by Gasteiger charge is 2.69. The summed E-state index contributed by atoms with van der Waals surface area (Å²) in [6, 6.07) is 0. The number of oxime groups is 1. The van der Waals surface area contributed by atoms with E-state index in [4.69, 9.17) is 14.3 Å². The first kappa shape index (κ1) is 28.9. The summed E-state index contributed by atoms with van der Waals surface area (Å²) in [4.78, 5) is 32.9. The molecule has 1 saturated heterocycles. The standard InChI is InChI=1S/C33H53NO5/c1-28(2)12-11-24-33(8,17-16-30(5,15-14-28)27(36)37-9)32(7)13-10-22-29(3,4)26-21(20-34-39-26)19-31(22,6)23(32)18-25(35)38-24/h20-24,26H,10-19H2,1-9H3/t21?,22-,23+,24?,26?,30-,31-,32+,33+/m0/s1. The Morgan fingerprint density at radius 1 is 0.897 bits per heavy atom. The van der Waals surface area contributed by atoms with E-state index in [0.717, 1.165) is 57.8 Å². The van der Waals surface area contributed by atoms with E-state index >= 15 is 0 Å². The monoisotopic (exact) mass is 543 g/mol. The summed E-state index contributed by atoms with van der Waals surface area (Å²) in [6.45, 7) is 18.7. The maximum atomic E-state index is 13.7. The molecule has 3 aliphatic carbocycles. The SMILES string of the molecule is COC(=O)[C@@]1(C)CCC(C)(C)CCC2OC(=O)C[C@@H]3[C@@]4(C)CC5C=NOC5C(C)(C)[C@@H]4CC[C@@]3(C)[C@]2(C)CC1. The molecule has 9 atom stereocenters. The van der Waals surface area contributed by atoms with Gasteiger partial charge in [0.15, 0.2) is 0 Å². The molecule has 6 nitrogen and oxygen atoms in total. The van der Waals surface area contributed by atoms with Gasteiger partial charge in [0.25, 0.3) is 0 Å². The molecule has 220 valence electrons. The molecule has 0 spiro atoms. The lowest BCUT2D eigenvalue weighted by Crippen LogP contribution is -2.64. The van der Waals surface area contributed by atoms with Gasteiger partial charge < -0.3 is 14.3 Å². The van der Waals surface area contributed by atoms with Crippen LogP contribution in [0.1, 0.15) is 120 Å². The predicted octanol–water partition coefficient (Wildman–Crippen LogP) is 7.34. The van der Waals surface area contributed by atoms with E-state index in [1.165, 1.54) is 7.11 Å². The molecule has 0 aromatic heterocycles. The van der Waals surface area contributed by atoms with Crippen molar-refractivity contribution in [2.24, 2.45) is 55.4 Å². The van der Waals surface area contributed by atoms with Crippen LogP contribution in [0.15, 0.2) is 5.16 Å². The fraction of sp³-hybridized carbons (Fsp3) is 0.909. The van der Waals surface area contributed by atoms with Crippen molar-refractivity contribution >= 4 is 18.2 Å². The van der Waals surface area contributed by atoms with E-state index in [0.29, 0.717) is 12.3 Å². The van der Waals surface area contributed by atoms with Gasteiger partial charge in [-0.1, -0.05) is 53.6 Å². The number of hydrogen-bond donors (Lipinski definition) is 0. The van der Waals surface area contributed by atoms with Crippen LogP contribution in [0.5, 0.6) is 0 Å². The van der Waals surface area contributed by atoms with Gasteiger partial charge in [-0.25, -0.2) is 0 Å². The first-order chi connectivity index (χ1) is 18.0. The molecule has 0 amide bonds. The third kappa shape index (κ3) is 4.28. The maximum absolute atomic E-state index is 13.7.